The van der Waals surface area contributed by atoms with Gasteiger partial charge < -0.3 is 20.1 Å². The van der Waals surface area contributed by atoms with E-state index >= 15 is 0 Å². The quantitative estimate of drug-likeness (QED) is 0.0994. The SMILES string of the molecule is CCOc1cc(/C=N/NC(=O)c2ccc(-c3csc(Nc4ccccc4)n3)cc2)ccc1OCC(=O)Nc1cccc(C)c1C. The zero-order chi connectivity index (χ0) is 31.6. The van der Waals surface area contributed by atoms with Gasteiger partial charge in [-0.3, -0.25) is 9.59 Å². The van der Waals surface area contributed by atoms with Crippen molar-refractivity contribution in [2.75, 3.05) is 23.8 Å². The number of ether oxygens (including phenoxy) is 2. The monoisotopic (exact) mass is 619 g/mol. The molecule has 0 aliphatic rings. The molecule has 45 heavy (non-hydrogen) atoms. The van der Waals surface area contributed by atoms with Crippen LogP contribution in [-0.4, -0.2) is 36.2 Å². The minimum atomic E-state index is -0.345. The number of aryl methyl sites for hydroxylation is 1. The first-order valence-electron chi connectivity index (χ1n) is 14.4. The number of thiazole rings is 1. The number of aromatic nitrogens is 1. The van der Waals surface area contributed by atoms with Crippen molar-refractivity contribution < 1.29 is 19.1 Å². The molecular formula is C35H33N5O4S. The van der Waals surface area contributed by atoms with Crippen molar-refractivity contribution in [3.63, 3.8) is 0 Å². The van der Waals surface area contributed by atoms with E-state index in [9.17, 15) is 9.59 Å². The lowest BCUT2D eigenvalue weighted by Crippen LogP contribution is -2.21. The Kier molecular flexibility index (Phi) is 10.2. The molecule has 1 aromatic heterocycles. The number of hydrogen-bond acceptors (Lipinski definition) is 8. The van der Waals surface area contributed by atoms with Gasteiger partial charge in [0, 0.05) is 27.9 Å². The Bertz CT molecular complexity index is 1800. The molecule has 10 heteroatoms. The first kappa shape index (κ1) is 31.0. The van der Waals surface area contributed by atoms with Crippen LogP contribution in [-0.2, 0) is 4.79 Å². The van der Waals surface area contributed by atoms with E-state index < -0.39 is 0 Å². The molecule has 0 aliphatic carbocycles. The molecule has 0 unspecified atom stereocenters. The van der Waals surface area contributed by atoms with E-state index in [0.29, 0.717) is 29.2 Å². The second-order valence-electron chi connectivity index (χ2n) is 10.0. The third-order valence-corrected chi connectivity index (χ3v) is 7.61. The van der Waals surface area contributed by atoms with E-state index in [0.717, 1.165) is 38.9 Å². The van der Waals surface area contributed by atoms with Crippen molar-refractivity contribution in [1.82, 2.24) is 10.4 Å². The lowest BCUT2D eigenvalue weighted by Gasteiger charge is -2.14. The molecule has 228 valence electrons. The standard InChI is InChI=1S/C35H33N5O4S/c1-4-43-32-19-25(13-18-31(32)44-21-33(41)38-29-12-8-9-23(2)24(29)3)20-36-40-34(42)27-16-14-26(15-17-27)30-22-45-35(39-30)37-28-10-6-5-7-11-28/h5-20,22H,4,21H2,1-3H3,(H,37,39)(H,38,41)(H,40,42)/b36-20+. The zero-order valence-corrected chi connectivity index (χ0v) is 26.0. The number of benzene rings is 4. The zero-order valence-electron chi connectivity index (χ0n) is 25.2. The summed E-state index contributed by atoms with van der Waals surface area (Å²) in [6, 6.07) is 28.0. The highest BCUT2D eigenvalue weighted by Gasteiger charge is 2.12. The highest BCUT2D eigenvalue weighted by molar-refractivity contribution is 7.14. The highest BCUT2D eigenvalue weighted by atomic mass is 32.1. The van der Waals surface area contributed by atoms with E-state index in [-0.39, 0.29) is 18.4 Å². The summed E-state index contributed by atoms with van der Waals surface area (Å²) >= 11 is 1.51. The van der Waals surface area contributed by atoms with Gasteiger partial charge in [0.15, 0.2) is 23.2 Å². The molecular weight excluding hydrogens is 586 g/mol. The van der Waals surface area contributed by atoms with E-state index in [4.69, 9.17) is 9.47 Å². The molecule has 5 rings (SSSR count). The van der Waals surface area contributed by atoms with Crippen LogP contribution in [0.15, 0.2) is 101 Å². The molecule has 0 bridgehead atoms. The Morgan fingerprint density at radius 1 is 0.911 bits per heavy atom. The molecule has 0 spiro atoms. The number of para-hydroxylation sites is 1. The average Bonchev–Trinajstić information content (AvgIpc) is 3.52. The molecule has 4 aromatic carbocycles. The van der Waals surface area contributed by atoms with Crippen molar-refractivity contribution in [3.8, 4) is 22.8 Å². The summed E-state index contributed by atoms with van der Waals surface area (Å²) in [4.78, 5) is 29.9. The predicted molar refractivity (Wildman–Crippen MR) is 180 cm³/mol. The summed E-state index contributed by atoms with van der Waals surface area (Å²) < 4.78 is 11.5. The Morgan fingerprint density at radius 3 is 2.49 bits per heavy atom. The van der Waals surface area contributed by atoms with E-state index in [2.05, 4.69) is 26.1 Å². The van der Waals surface area contributed by atoms with Crippen LogP contribution in [0.2, 0.25) is 0 Å². The summed E-state index contributed by atoms with van der Waals surface area (Å²) in [6.07, 6.45) is 1.52. The first-order valence-corrected chi connectivity index (χ1v) is 15.2. The van der Waals surface area contributed by atoms with Gasteiger partial charge in [-0.2, -0.15) is 5.10 Å². The number of hydrazone groups is 1. The van der Waals surface area contributed by atoms with Crippen LogP contribution in [0.1, 0.15) is 34.0 Å². The molecule has 0 saturated carbocycles. The van der Waals surface area contributed by atoms with Crippen molar-refractivity contribution in [2.45, 2.75) is 20.8 Å². The molecule has 0 fully saturated rings. The summed E-state index contributed by atoms with van der Waals surface area (Å²) in [5, 5.41) is 13.0. The highest BCUT2D eigenvalue weighted by Crippen LogP contribution is 2.29. The van der Waals surface area contributed by atoms with E-state index in [1.54, 1.807) is 30.3 Å². The van der Waals surface area contributed by atoms with Crippen molar-refractivity contribution >= 4 is 45.9 Å². The van der Waals surface area contributed by atoms with Crippen LogP contribution in [0.3, 0.4) is 0 Å². The van der Waals surface area contributed by atoms with Crippen LogP contribution in [0.5, 0.6) is 11.5 Å². The maximum absolute atomic E-state index is 12.7. The van der Waals surface area contributed by atoms with Crippen LogP contribution in [0, 0.1) is 13.8 Å². The second kappa shape index (κ2) is 14.8. The maximum atomic E-state index is 12.7. The van der Waals surface area contributed by atoms with Gasteiger partial charge in [0.25, 0.3) is 11.8 Å². The van der Waals surface area contributed by atoms with Crippen molar-refractivity contribution in [1.29, 1.82) is 0 Å². The minimum Gasteiger partial charge on any atom is -0.490 e. The molecule has 0 saturated heterocycles. The Labute approximate surface area is 266 Å². The van der Waals surface area contributed by atoms with Crippen LogP contribution in [0.4, 0.5) is 16.5 Å². The number of hydrogen-bond donors (Lipinski definition) is 3. The van der Waals surface area contributed by atoms with Crippen molar-refractivity contribution in [3.05, 3.63) is 119 Å². The van der Waals surface area contributed by atoms with Gasteiger partial charge in [0.2, 0.25) is 0 Å². The van der Waals surface area contributed by atoms with Gasteiger partial charge in [-0.1, -0.05) is 42.5 Å². The topological polar surface area (TPSA) is 114 Å². The maximum Gasteiger partial charge on any atom is 0.271 e. The Balaban J connectivity index is 1.15. The smallest absolute Gasteiger partial charge is 0.271 e. The number of carbonyl (C=O) groups excluding carboxylic acids is 2. The molecule has 0 radical (unpaired) electrons. The van der Waals surface area contributed by atoms with Gasteiger partial charge in [0.05, 0.1) is 18.5 Å². The number of rotatable bonds is 12. The third-order valence-electron chi connectivity index (χ3n) is 6.86. The Morgan fingerprint density at radius 2 is 1.71 bits per heavy atom. The number of anilines is 3. The van der Waals surface area contributed by atoms with E-state index in [1.165, 1.54) is 17.6 Å². The summed E-state index contributed by atoms with van der Waals surface area (Å²) in [7, 11) is 0. The van der Waals surface area contributed by atoms with Gasteiger partial charge in [0.1, 0.15) is 0 Å². The van der Waals surface area contributed by atoms with Gasteiger partial charge in [-0.05, 0) is 86.0 Å². The first-order chi connectivity index (χ1) is 21.9. The summed E-state index contributed by atoms with van der Waals surface area (Å²) in [5.41, 5.74) is 9.26. The number of nitrogens with one attached hydrogen (secondary N) is 3. The molecule has 0 atom stereocenters. The number of nitrogens with zero attached hydrogens (tertiary/aromatic N) is 2. The van der Waals surface area contributed by atoms with E-state index in [1.807, 2.05) is 86.8 Å². The lowest BCUT2D eigenvalue weighted by atomic mass is 10.1. The predicted octanol–water partition coefficient (Wildman–Crippen LogP) is 7.35. The fraction of sp³-hybridized carbons (Fsp3) is 0.143. The van der Waals surface area contributed by atoms with Gasteiger partial charge in [-0.25, -0.2) is 10.4 Å². The van der Waals surface area contributed by atoms with Crippen LogP contribution in [0.25, 0.3) is 11.3 Å². The van der Waals surface area contributed by atoms with Crippen LogP contribution >= 0.6 is 11.3 Å². The van der Waals surface area contributed by atoms with Crippen molar-refractivity contribution in [2.24, 2.45) is 5.10 Å². The molecule has 2 amide bonds. The largest absolute Gasteiger partial charge is 0.490 e. The molecule has 9 nitrogen and oxygen atoms in total. The fourth-order valence-electron chi connectivity index (χ4n) is 4.34. The molecule has 3 N–H and O–H groups in total. The summed E-state index contributed by atoms with van der Waals surface area (Å²) in [6.45, 7) is 6.04. The summed E-state index contributed by atoms with van der Waals surface area (Å²) in [5.74, 6) is 0.274. The molecule has 0 aliphatic heterocycles. The molecule has 1 heterocycles. The fourth-order valence-corrected chi connectivity index (χ4v) is 5.08. The number of amides is 2. The lowest BCUT2D eigenvalue weighted by molar-refractivity contribution is -0.118. The van der Waals surface area contributed by atoms with Gasteiger partial charge in [-0.15, -0.1) is 11.3 Å². The van der Waals surface area contributed by atoms with Crippen LogP contribution < -0.4 is 25.5 Å². The second-order valence-corrected chi connectivity index (χ2v) is 10.9. The average molecular weight is 620 g/mol. The van der Waals surface area contributed by atoms with Gasteiger partial charge >= 0.3 is 0 Å². The molecule has 5 aromatic rings. The number of carbonyl (C=O) groups is 2. The minimum absolute atomic E-state index is 0.177. The Hall–Kier alpha value is -5.48. The normalized spacial score (nSPS) is 10.8. The third kappa shape index (κ3) is 8.33.